The van der Waals surface area contributed by atoms with E-state index in [0.717, 1.165) is 5.17 Å². The Morgan fingerprint density at radius 3 is 1.88 bits per heavy atom. The standard InChI is InChI=1S/C4H11N3O/c1-4(5)7(8)6(2)3/h5,8H,1-3H3. The Kier molecular flexibility index (Phi) is 2.44. The number of amidine groups is 1. The zero-order valence-corrected chi connectivity index (χ0v) is 5.34. The van der Waals surface area contributed by atoms with Crippen LogP contribution in [0.1, 0.15) is 6.92 Å². The second-order valence-corrected chi connectivity index (χ2v) is 1.72. The van der Waals surface area contributed by atoms with Crippen molar-refractivity contribution in [3.8, 4) is 0 Å². The van der Waals surface area contributed by atoms with Gasteiger partial charge in [0.15, 0.2) is 0 Å². The minimum Gasteiger partial charge on any atom is -0.285 e. The van der Waals surface area contributed by atoms with Gasteiger partial charge in [0.25, 0.3) is 0 Å². The molecule has 4 heteroatoms. The molecule has 0 saturated carbocycles. The summed E-state index contributed by atoms with van der Waals surface area (Å²) >= 11 is 0. The van der Waals surface area contributed by atoms with Gasteiger partial charge in [-0.2, -0.15) is 5.17 Å². The molecule has 0 radical (unpaired) electrons. The number of rotatable bonds is 1. The lowest BCUT2D eigenvalue weighted by Gasteiger charge is -2.21. The highest BCUT2D eigenvalue weighted by Gasteiger charge is 2.00. The van der Waals surface area contributed by atoms with Gasteiger partial charge >= 0.3 is 0 Å². The molecule has 0 fully saturated rings. The maximum absolute atomic E-state index is 8.74. The second-order valence-electron chi connectivity index (χ2n) is 1.72. The van der Waals surface area contributed by atoms with E-state index >= 15 is 0 Å². The van der Waals surface area contributed by atoms with Gasteiger partial charge in [0.05, 0.1) is 0 Å². The molecule has 0 heterocycles. The summed E-state index contributed by atoms with van der Waals surface area (Å²) in [5.74, 6) is 0.106. The predicted molar refractivity (Wildman–Crippen MR) is 30.7 cm³/mol. The van der Waals surface area contributed by atoms with Crippen molar-refractivity contribution in [2.24, 2.45) is 0 Å². The zero-order chi connectivity index (χ0) is 6.73. The molecule has 8 heavy (non-hydrogen) atoms. The highest BCUT2D eigenvalue weighted by atomic mass is 16.5. The lowest BCUT2D eigenvalue weighted by atomic mass is 10.7. The Morgan fingerprint density at radius 2 is 1.88 bits per heavy atom. The molecule has 0 spiro atoms. The summed E-state index contributed by atoms with van der Waals surface area (Å²) in [7, 11) is 3.30. The molecule has 0 unspecified atom stereocenters. The zero-order valence-electron chi connectivity index (χ0n) is 5.34. The first-order chi connectivity index (χ1) is 3.55. The van der Waals surface area contributed by atoms with Crippen LogP contribution in [-0.4, -0.2) is 35.3 Å². The molecule has 0 rings (SSSR count). The maximum atomic E-state index is 8.74. The van der Waals surface area contributed by atoms with Crippen LogP contribution in [0, 0.1) is 5.41 Å². The highest BCUT2D eigenvalue weighted by Crippen LogP contribution is 1.83. The molecule has 0 aliphatic carbocycles. The number of hydrogen-bond donors (Lipinski definition) is 2. The SMILES string of the molecule is CC(=N)N(O)N(C)C. The fourth-order valence-corrected chi connectivity index (χ4v) is 0.300. The van der Waals surface area contributed by atoms with E-state index in [9.17, 15) is 0 Å². The molecular formula is C4H11N3O. The van der Waals surface area contributed by atoms with E-state index in [-0.39, 0.29) is 5.84 Å². The van der Waals surface area contributed by atoms with Gasteiger partial charge in [-0.1, -0.05) is 0 Å². The van der Waals surface area contributed by atoms with Crippen molar-refractivity contribution >= 4 is 5.84 Å². The van der Waals surface area contributed by atoms with Gasteiger partial charge in [-0.25, -0.2) is 5.01 Å². The quantitative estimate of drug-likeness (QED) is 0.292. The number of hydroxylamine groups is 1. The van der Waals surface area contributed by atoms with E-state index in [1.165, 1.54) is 11.9 Å². The van der Waals surface area contributed by atoms with Gasteiger partial charge in [0, 0.05) is 14.1 Å². The van der Waals surface area contributed by atoms with Gasteiger partial charge in [-0.3, -0.25) is 10.6 Å². The lowest BCUT2D eigenvalue weighted by Crippen LogP contribution is -2.36. The molecule has 0 amide bonds. The molecular weight excluding hydrogens is 106 g/mol. The third-order valence-corrected chi connectivity index (χ3v) is 0.679. The molecule has 0 aliphatic rings. The average molecular weight is 117 g/mol. The molecule has 48 valence electrons. The normalized spacial score (nSPS) is 9.62. The topological polar surface area (TPSA) is 50.6 Å². The molecule has 0 bridgehead atoms. The van der Waals surface area contributed by atoms with Crippen LogP contribution in [-0.2, 0) is 0 Å². The third kappa shape index (κ3) is 1.90. The van der Waals surface area contributed by atoms with E-state index < -0.39 is 0 Å². The summed E-state index contributed by atoms with van der Waals surface area (Å²) in [6.45, 7) is 1.50. The summed E-state index contributed by atoms with van der Waals surface area (Å²) in [4.78, 5) is 0. The molecule has 0 aliphatic heterocycles. The van der Waals surface area contributed by atoms with Crippen molar-refractivity contribution in [2.45, 2.75) is 6.92 Å². The van der Waals surface area contributed by atoms with Crippen LogP contribution < -0.4 is 0 Å². The molecule has 0 atom stereocenters. The van der Waals surface area contributed by atoms with E-state index in [1.807, 2.05) is 0 Å². The first-order valence-electron chi connectivity index (χ1n) is 2.27. The number of hydrogen-bond acceptors (Lipinski definition) is 3. The Balaban J connectivity index is 3.64. The fourth-order valence-electron chi connectivity index (χ4n) is 0.300. The Morgan fingerprint density at radius 1 is 1.50 bits per heavy atom. The molecule has 0 aromatic carbocycles. The van der Waals surface area contributed by atoms with E-state index in [0.29, 0.717) is 0 Å². The van der Waals surface area contributed by atoms with Crippen LogP contribution in [0.3, 0.4) is 0 Å². The van der Waals surface area contributed by atoms with Crippen molar-refractivity contribution in [3.05, 3.63) is 0 Å². The summed E-state index contributed by atoms with van der Waals surface area (Å²) in [5.41, 5.74) is 0. The number of nitrogens with zero attached hydrogens (tertiary/aromatic N) is 2. The van der Waals surface area contributed by atoms with Crippen molar-refractivity contribution < 1.29 is 5.21 Å². The first kappa shape index (κ1) is 7.39. The van der Waals surface area contributed by atoms with Crippen LogP contribution in [0.25, 0.3) is 0 Å². The van der Waals surface area contributed by atoms with Gasteiger partial charge in [-0.05, 0) is 6.92 Å². The Bertz CT molecular complexity index is 91.3. The van der Waals surface area contributed by atoms with E-state index in [2.05, 4.69) is 0 Å². The molecule has 2 N–H and O–H groups in total. The Labute approximate surface area is 48.8 Å². The largest absolute Gasteiger partial charge is 0.285 e. The van der Waals surface area contributed by atoms with Crippen LogP contribution in [0.5, 0.6) is 0 Å². The van der Waals surface area contributed by atoms with E-state index in [4.69, 9.17) is 10.6 Å². The molecule has 4 nitrogen and oxygen atoms in total. The summed E-state index contributed by atoms with van der Waals surface area (Å²) in [6, 6.07) is 0. The van der Waals surface area contributed by atoms with E-state index in [1.54, 1.807) is 14.1 Å². The average Bonchev–Trinajstić information content (AvgIpc) is 1.64. The van der Waals surface area contributed by atoms with Crippen molar-refractivity contribution in [2.75, 3.05) is 14.1 Å². The second kappa shape index (κ2) is 2.64. The van der Waals surface area contributed by atoms with Crippen molar-refractivity contribution in [3.63, 3.8) is 0 Å². The lowest BCUT2D eigenvalue weighted by molar-refractivity contribution is -0.159. The minimum absolute atomic E-state index is 0.106. The van der Waals surface area contributed by atoms with Crippen LogP contribution in [0.15, 0.2) is 0 Å². The first-order valence-corrected chi connectivity index (χ1v) is 2.27. The van der Waals surface area contributed by atoms with Crippen LogP contribution in [0.4, 0.5) is 0 Å². The number of hydrazine groups is 1. The summed E-state index contributed by atoms with van der Waals surface area (Å²) in [6.07, 6.45) is 0. The number of nitrogens with one attached hydrogen (secondary N) is 1. The van der Waals surface area contributed by atoms with Gasteiger partial charge in [0.1, 0.15) is 5.84 Å². The molecule has 0 saturated heterocycles. The predicted octanol–water partition coefficient (Wildman–Crippen LogP) is 0.151. The van der Waals surface area contributed by atoms with Crippen LogP contribution in [0.2, 0.25) is 0 Å². The van der Waals surface area contributed by atoms with Crippen molar-refractivity contribution in [1.82, 2.24) is 10.2 Å². The third-order valence-electron chi connectivity index (χ3n) is 0.679. The minimum atomic E-state index is 0.106. The monoisotopic (exact) mass is 117 g/mol. The summed E-state index contributed by atoms with van der Waals surface area (Å²) < 4.78 is 0. The Hall–Kier alpha value is -0.610. The summed E-state index contributed by atoms with van der Waals surface area (Å²) in [5, 5.41) is 17.8. The smallest absolute Gasteiger partial charge is 0.136 e. The van der Waals surface area contributed by atoms with Crippen LogP contribution >= 0.6 is 0 Å². The molecule has 0 aromatic heterocycles. The van der Waals surface area contributed by atoms with Gasteiger partial charge in [0.2, 0.25) is 0 Å². The highest BCUT2D eigenvalue weighted by molar-refractivity contribution is 5.74. The fraction of sp³-hybridized carbons (Fsp3) is 0.750. The molecule has 0 aromatic rings. The van der Waals surface area contributed by atoms with Gasteiger partial charge < -0.3 is 0 Å². The van der Waals surface area contributed by atoms with Gasteiger partial charge in [-0.15, -0.1) is 0 Å². The van der Waals surface area contributed by atoms with Crippen molar-refractivity contribution in [1.29, 1.82) is 5.41 Å². The maximum Gasteiger partial charge on any atom is 0.136 e.